The van der Waals surface area contributed by atoms with Crippen molar-refractivity contribution in [1.29, 1.82) is 0 Å². The van der Waals surface area contributed by atoms with Gasteiger partial charge in [0.15, 0.2) is 0 Å². The third-order valence-electron chi connectivity index (χ3n) is 11.9. The maximum absolute atomic E-state index is 6.48. The molecule has 0 amide bonds. The predicted octanol–water partition coefficient (Wildman–Crippen LogP) is 13.4. The summed E-state index contributed by atoms with van der Waals surface area (Å²) in [6.07, 6.45) is 10.5. The maximum Gasteiger partial charge on any atom is 0 e. The van der Waals surface area contributed by atoms with Crippen LogP contribution < -0.4 is 4.40 Å². The molecule has 59 heavy (non-hydrogen) atoms. The van der Waals surface area contributed by atoms with Crippen LogP contribution in [-0.4, -0.2) is 32.8 Å². The van der Waals surface area contributed by atoms with E-state index in [4.69, 9.17) is 19.4 Å². The first kappa shape index (κ1) is 42.8. The van der Waals surface area contributed by atoms with Crippen LogP contribution in [0.5, 0.6) is 0 Å². The Hall–Kier alpha value is -4.36. The number of aromatic nitrogens is 4. The van der Waals surface area contributed by atoms with Crippen molar-refractivity contribution in [2.75, 3.05) is 0 Å². The molecule has 0 bridgehead atoms. The summed E-state index contributed by atoms with van der Waals surface area (Å²) in [5.41, 5.74) is 15.1. The summed E-state index contributed by atoms with van der Waals surface area (Å²) in [6.45, 7) is 12.9. The van der Waals surface area contributed by atoms with E-state index < -0.39 is 13.3 Å². The van der Waals surface area contributed by atoms with Crippen LogP contribution in [0.4, 0.5) is 0 Å². The molecule has 1 radical (unpaired) electrons. The van der Waals surface area contributed by atoms with E-state index in [2.05, 4.69) is 135 Å². The third-order valence-corrected chi connectivity index (χ3v) is 16.2. The van der Waals surface area contributed by atoms with Gasteiger partial charge >= 0.3 is 144 Å². The van der Waals surface area contributed by atoms with Gasteiger partial charge in [0.1, 0.15) is 0 Å². The number of para-hydroxylation sites is 2. The van der Waals surface area contributed by atoms with Crippen LogP contribution in [-0.2, 0) is 26.5 Å². The first-order chi connectivity index (χ1) is 27.9. The smallest absolute Gasteiger partial charge is 0 e. The summed E-state index contributed by atoms with van der Waals surface area (Å²) in [7, 11) is 0. The van der Waals surface area contributed by atoms with Gasteiger partial charge < -0.3 is 8.98 Å². The Kier molecular flexibility index (Phi) is 12.8. The largest absolute Gasteiger partial charge is 0 e. The summed E-state index contributed by atoms with van der Waals surface area (Å²) in [5, 5.41) is 2.14. The van der Waals surface area contributed by atoms with Gasteiger partial charge in [-0.2, -0.15) is 0 Å². The van der Waals surface area contributed by atoms with E-state index in [1.807, 2.05) is 31.2 Å². The maximum atomic E-state index is 6.48. The minimum Gasteiger partial charge on any atom is 0 e. The molecule has 9 rings (SSSR count). The van der Waals surface area contributed by atoms with E-state index in [-0.39, 0.29) is 20.1 Å². The predicted molar refractivity (Wildman–Crippen MR) is 245 cm³/mol. The molecule has 7 heteroatoms. The van der Waals surface area contributed by atoms with E-state index in [1.54, 1.807) is 9.96 Å². The summed E-state index contributed by atoms with van der Waals surface area (Å²) in [4.78, 5) is 14.6. The van der Waals surface area contributed by atoms with Crippen molar-refractivity contribution in [3.63, 3.8) is 0 Å². The number of benzene rings is 4. The van der Waals surface area contributed by atoms with Crippen molar-refractivity contribution < 1.29 is 24.5 Å². The van der Waals surface area contributed by atoms with Crippen molar-refractivity contribution in [1.82, 2.24) is 19.5 Å². The zero-order valence-electron chi connectivity index (χ0n) is 36.1. The summed E-state index contributed by atoms with van der Waals surface area (Å²) < 4.78 is 10.3. The Bertz CT molecular complexity index is 2730. The number of aryl methyl sites for hydroxylation is 4. The van der Waals surface area contributed by atoms with E-state index in [1.165, 1.54) is 60.8 Å². The molecule has 0 aliphatic heterocycles. The second-order valence-electron chi connectivity index (χ2n) is 17.9. The number of fused-ring (bicyclic) bond motifs is 4. The number of furan rings is 1. The molecule has 5 nitrogen and oxygen atoms in total. The van der Waals surface area contributed by atoms with Gasteiger partial charge in [-0.25, -0.2) is 4.98 Å². The second-order valence-corrected chi connectivity index (χ2v) is 28.4. The molecule has 0 saturated heterocycles. The Labute approximate surface area is 366 Å². The second kappa shape index (κ2) is 17.7. The molecule has 1 saturated carbocycles. The van der Waals surface area contributed by atoms with Gasteiger partial charge in [-0.1, -0.05) is 60.5 Å². The van der Waals surface area contributed by atoms with Gasteiger partial charge in [0.2, 0.25) is 5.71 Å². The zero-order valence-corrected chi connectivity index (χ0v) is 40.6. The zero-order chi connectivity index (χ0) is 40.7. The van der Waals surface area contributed by atoms with Crippen LogP contribution in [0.3, 0.4) is 0 Å². The van der Waals surface area contributed by atoms with Crippen LogP contribution in [0.25, 0.3) is 61.4 Å². The van der Waals surface area contributed by atoms with Gasteiger partial charge in [-0.3, -0.25) is 4.98 Å². The van der Waals surface area contributed by atoms with E-state index in [9.17, 15) is 0 Å². The number of nitrogens with zero attached hydrogens (tertiary/aromatic N) is 4. The molecule has 1 fully saturated rings. The summed E-state index contributed by atoms with van der Waals surface area (Å²) in [6, 6.07) is 36.5. The molecule has 0 spiro atoms. The minimum atomic E-state index is -1.89. The number of rotatable bonds is 7. The summed E-state index contributed by atoms with van der Waals surface area (Å²) >= 11 is -1.89. The van der Waals surface area contributed by atoms with Crippen LogP contribution >= 0.6 is 0 Å². The van der Waals surface area contributed by atoms with Gasteiger partial charge in [-0.05, 0) is 63.1 Å². The van der Waals surface area contributed by atoms with E-state index >= 15 is 0 Å². The number of hydrogen-bond donors (Lipinski definition) is 0. The Morgan fingerprint density at radius 1 is 0.847 bits per heavy atom. The first-order valence-electron chi connectivity index (χ1n) is 21.1. The first-order valence-corrected chi connectivity index (χ1v) is 28.5. The minimum absolute atomic E-state index is 0. The van der Waals surface area contributed by atoms with Gasteiger partial charge in [0.25, 0.3) is 0 Å². The molecule has 1 aliphatic rings. The molecule has 305 valence electrons. The number of imidazole rings is 1. The van der Waals surface area contributed by atoms with Crippen LogP contribution in [0.1, 0.15) is 85.4 Å². The quantitative estimate of drug-likeness (QED) is 0.118. The molecule has 0 unspecified atom stereocenters. The fraction of sp³-hybridized carbons (Fsp3) is 0.327. The third kappa shape index (κ3) is 8.78. The van der Waals surface area contributed by atoms with Gasteiger partial charge in [0, 0.05) is 36.9 Å². The van der Waals surface area contributed by atoms with E-state index in [0.29, 0.717) is 11.6 Å². The molecular weight excluding hydrogens is 961 g/mol. The average Bonchev–Trinajstić information content (AvgIpc) is 3.76. The fourth-order valence-corrected chi connectivity index (χ4v) is 12.5. The van der Waals surface area contributed by atoms with Crippen LogP contribution in [0, 0.1) is 45.7 Å². The fourth-order valence-electron chi connectivity index (χ4n) is 9.13. The Morgan fingerprint density at radius 3 is 2.27 bits per heavy atom. The molecule has 4 aromatic heterocycles. The van der Waals surface area contributed by atoms with Crippen molar-refractivity contribution >= 4 is 50.8 Å². The Morgan fingerprint density at radius 2 is 1.58 bits per heavy atom. The van der Waals surface area contributed by atoms with Crippen LogP contribution in [0.15, 0.2) is 95.5 Å². The molecule has 1 aliphatic carbocycles. The molecule has 4 aromatic carbocycles. The van der Waals surface area contributed by atoms with Crippen LogP contribution in [0.2, 0.25) is 17.3 Å². The molecule has 0 N–H and O–H groups in total. The molecule has 8 aromatic rings. The topological polar surface area (TPSA) is 56.7 Å². The number of pyridine rings is 2. The van der Waals surface area contributed by atoms with Crippen molar-refractivity contribution in [3.8, 4) is 28.3 Å². The van der Waals surface area contributed by atoms with Gasteiger partial charge in [0.05, 0.1) is 22.4 Å². The van der Waals surface area contributed by atoms with Gasteiger partial charge in [-0.15, -0.1) is 17.7 Å². The summed E-state index contributed by atoms with van der Waals surface area (Å²) in [5.74, 6) is 9.48. The molecule has 4 heterocycles. The monoisotopic (exact) mass is 1020 g/mol. The molecular formula is C52H56GeIrN4O-2. The van der Waals surface area contributed by atoms with Crippen molar-refractivity contribution in [2.24, 2.45) is 5.92 Å². The normalized spacial score (nSPS) is 13.5. The molecule has 0 atom stereocenters. The SMILES string of the molecule is Cc1cc(C)c(-n2c(-c3[c-]cc(C(C)C)c4c3oc3nc(C)ccc34)nc3ccccc32)c(C)c1.[CH3][Ge]([CH3])([CH3])[c]1cnc(-c2[c-]cccc2)cc1CC1CCCCC1.[Ir]. The van der Waals surface area contributed by atoms with E-state index in [0.717, 1.165) is 67.3 Å². The number of hydrogen-bond acceptors (Lipinski definition) is 4. The van der Waals surface area contributed by atoms with Crippen molar-refractivity contribution in [3.05, 3.63) is 137 Å². The average molecular weight is 1020 g/mol. The Balaban J connectivity index is 0.000000192. The standard InChI is InChI=1S/C31H28N3O.C21H28GeN.Ir/c1-17(2)22-13-14-24(29-27(22)23-12-11-21(6)32-31(23)35-29)30-33-25-9-7-8-10-26(25)34(30)28-19(4)15-18(3)16-20(28)5;1-22(2,3)20-16-23-21(18-12-8-5-9-13-18)15-19(20)14-17-10-6-4-7-11-17;/h7-13,15-17H,1-6H3;5,8-9,12,15-17H,4,6-7,10-11,14H2,1-3H3;/q2*-1;. The van der Waals surface area contributed by atoms with Crippen molar-refractivity contribution in [2.45, 2.75) is 103 Å².